The van der Waals surface area contributed by atoms with E-state index in [1.54, 1.807) is 32.9 Å². The molecule has 136 valence electrons. The molecule has 0 saturated heterocycles. The summed E-state index contributed by atoms with van der Waals surface area (Å²) in [4.78, 5) is 24.2. The van der Waals surface area contributed by atoms with Crippen molar-refractivity contribution in [2.24, 2.45) is 11.3 Å². The predicted molar refractivity (Wildman–Crippen MR) is 92.3 cm³/mol. The van der Waals surface area contributed by atoms with E-state index in [0.717, 1.165) is 12.0 Å². The van der Waals surface area contributed by atoms with Crippen molar-refractivity contribution >= 4 is 11.9 Å². The Morgan fingerprint density at radius 3 is 2.76 bits per heavy atom. The number of rotatable bonds is 2. The number of fused-ring (bicyclic) bond motifs is 2. The molecule has 4 atom stereocenters. The molecular weight excluding hydrogens is 320 g/mol. The van der Waals surface area contributed by atoms with E-state index < -0.39 is 17.9 Å². The normalized spacial score (nSPS) is 37.9. The lowest BCUT2D eigenvalue weighted by atomic mass is 9.57. The molecule has 2 aliphatic carbocycles. The second kappa shape index (κ2) is 5.84. The van der Waals surface area contributed by atoms with Gasteiger partial charge in [0.25, 0.3) is 5.79 Å². The monoisotopic (exact) mass is 346 g/mol. The lowest BCUT2D eigenvalue weighted by Gasteiger charge is -2.49. The van der Waals surface area contributed by atoms with Gasteiger partial charge in [0.05, 0.1) is 0 Å². The predicted octanol–water partition coefficient (Wildman–Crippen LogP) is 3.19. The summed E-state index contributed by atoms with van der Waals surface area (Å²) in [6.07, 6.45) is 5.07. The summed E-state index contributed by atoms with van der Waals surface area (Å²) in [5.41, 5.74) is 2.25. The smallest absolute Gasteiger partial charge is 0.336 e. The van der Waals surface area contributed by atoms with Gasteiger partial charge in [-0.1, -0.05) is 19.9 Å². The number of carbonyl (C=O) groups is 2. The number of carbonyl (C=O) groups excluding carboxylic acids is 2. The molecule has 5 nitrogen and oxygen atoms in total. The first-order chi connectivity index (χ1) is 11.6. The molecule has 1 N–H and O–H groups in total. The molecule has 3 rings (SSSR count). The third kappa shape index (κ3) is 2.65. The largest absolute Gasteiger partial charge is 0.454 e. The Morgan fingerprint density at radius 2 is 2.12 bits per heavy atom. The maximum atomic E-state index is 12.2. The van der Waals surface area contributed by atoms with Gasteiger partial charge < -0.3 is 14.6 Å². The molecule has 5 heteroatoms. The maximum Gasteiger partial charge on any atom is 0.336 e. The average Bonchev–Trinajstić information content (AvgIpc) is 2.78. The average molecular weight is 346 g/mol. The summed E-state index contributed by atoms with van der Waals surface area (Å²) in [6, 6.07) is 0. The van der Waals surface area contributed by atoms with Crippen LogP contribution in [0, 0.1) is 11.3 Å². The van der Waals surface area contributed by atoms with Crippen molar-refractivity contribution in [2.45, 2.75) is 65.8 Å². The molecule has 0 spiro atoms. The Bertz CT molecular complexity index is 728. The van der Waals surface area contributed by atoms with Crippen LogP contribution in [0.4, 0.5) is 0 Å². The Morgan fingerprint density at radius 1 is 1.44 bits per heavy atom. The van der Waals surface area contributed by atoms with Gasteiger partial charge in [0.2, 0.25) is 0 Å². The zero-order valence-electron chi connectivity index (χ0n) is 15.5. The Hall–Kier alpha value is -1.88. The van der Waals surface area contributed by atoms with Gasteiger partial charge in [0.1, 0.15) is 6.10 Å². The first kappa shape index (κ1) is 17.9. The highest BCUT2D eigenvalue weighted by Crippen LogP contribution is 2.56. The van der Waals surface area contributed by atoms with E-state index in [9.17, 15) is 14.7 Å². The van der Waals surface area contributed by atoms with Gasteiger partial charge in [-0.25, -0.2) is 9.59 Å². The highest BCUT2D eigenvalue weighted by Gasteiger charge is 2.55. The molecule has 3 aliphatic rings. The molecule has 0 radical (unpaired) electrons. The minimum Gasteiger partial charge on any atom is -0.454 e. The summed E-state index contributed by atoms with van der Waals surface area (Å²) in [7, 11) is 0. The van der Waals surface area contributed by atoms with E-state index in [1.807, 2.05) is 0 Å². The van der Waals surface area contributed by atoms with Crippen LogP contribution >= 0.6 is 0 Å². The third-order valence-electron chi connectivity index (χ3n) is 6.29. The van der Waals surface area contributed by atoms with E-state index in [1.165, 1.54) is 0 Å². The number of hydrogen-bond acceptors (Lipinski definition) is 5. The Kier molecular flexibility index (Phi) is 4.18. The van der Waals surface area contributed by atoms with Crippen molar-refractivity contribution in [2.75, 3.05) is 0 Å². The van der Waals surface area contributed by atoms with Crippen LogP contribution in [0.1, 0.15) is 53.9 Å². The second-order valence-electron chi connectivity index (χ2n) is 7.73. The number of esters is 2. The zero-order valence-corrected chi connectivity index (χ0v) is 15.5. The van der Waals surface area contributed by atoms with Crippen molar-refractivity contribution < 1.29 is 24.2 Å². The van der Waals surface area contributed by atoms with E-state index in [4.69, 9.17) is 9.47 Å². The van der Waals surface area contributed by atoms with E-state index in [-0.39, 0.29) is 11.4 Å². The van der Waals surface area contributed by atoms with E-state index in [2.05, 4.69) is 13.8 Å². The van der Waals surface area contributed by atoms with Gasteiger partial charge in [-0.15, -0.1) is 0 Å². The van der Waals surface area contributed by atoms with E-state index in [0.29, 0.717) is 35.5 Å². The fourth-order valence-corrected chi connectivity index (χ4v) is 4.15. The highest BCUT2D eigenvalue weighted by molar-refractivity contribution is 5.93. The summed E-state index contributed by atoms with van der Waals surface area (Å²) in [5.74, 6) is -2.19. The first-order valence-electron chi connectivity index (χ1n) is 8.85. The molecule has 1 aliphatic heterocycles. The van der Waals surface area contributed by atoms with Gasteiger partial charge in [-0.05, 0) is 63.0 Å². The molecule has 0 bridgehead atoms. The van der Waals surface area contributed by atoms with E-state index >= 15 is 0 Å². The first-order valence-corrected chi connectivity index (χ1v) is 8.85. The van der Waals surface area contributed by atoms with Gasteiger partial charge in [0, 0.05) is 16.7 Å². The van der Waals surface area contributed by atoms with Gasteiger partial charge in [0.15, 0.2) is 0 Å². The maximum absolute atomic E-state index is 12.2. The van der Waals surface area contributed by atoms with Crippen molar-refractivity contribution in [3.63, 3.8) is 0 Å². The number of hydrogen-bond donors (Lipinski definition) is 1. The summed E-state index contributed by atoms with van der Waals surface area (Å²) < 4.78 is 11.0. The molecule has 0 amide bonds. The van der Waals surface area contributed by atoms with Gasteiger partial charge in [-0.2, -0.15) is 0 Å². The van der Waals surface area contributed by atoms with Crippen LogP contribution < -0.4 is 0 Å². The molecule has 0 aromatic carbocycles. The Balaban J connectivity index is 2.03. The minimum atomic E-state index is -1.70. The van der Waals surface area contributed by atoms with Crippen LogP contribution in [0.15, 0.2) is 34.4 Å². The molecule has 1 heterocycles. The van der Waals surface area contributed by atoms with Crippen LogP contribution in [0.3, 0.4) is 0 Å². The number of aliphatic hydroxyl groups is 1. The summed E-state index contributed by atoms with van der Waals surface area (Å²) in [5, 5.41) is 10.9. The van der Waals surface area contributed by atoms with Crippen molar-refractivity contribution in [3.05, 3.63) is 34.4 Å². The molecule has 1 fully saturated rings. The van der Waals surface area contributed by atoms with Crippen LogP contribution in [0.5, 0.6) is 0 Å². The highest BCUT2D eigenvalue weighted by atomic mass is 16.7. The van der Waals surface area contributed by atoms with Crippen molar-refractivity contribution in [3.8, 4) is 0 Å². The summed E-state index contributed by atoms with van der Waals surface area (Å²) in [6.45, 7) is 9.50. The van der Waals surface area contributed by atoms with Crippen LogP contribution in [-0.4, -0.2) is 28.9 Å². The molecule has 25 heavy (non-hydrogen) atoms. The molecule has 0 aromatic rings. The zero-order chi connectivity index (χ0) is 18.6. The van der Waals surface area contributed by atoms with Crippen LogP contribution in [0.25, 0.3) is 0 Å². The molecular formula is C20H26O5. The minimum absolute atomic E-state index is 0.274. The summed E-state index contributed by atoms with van der Waals surface area (Å²) >= 11 is 0. The lowest BCUT2D eigenvalue weighted by Crippen LogP contribution is -2.47. The standard InChI is InChI=1S/C20H26O5/c1-6-11(2)17(21)24-16-8-7-12(3)19(5)9-14-13(4)18(22)25-20(14,23)10-15(16)19/h6,10,12,16,23H,7-9H2,1-5H3/b11-6-/t12-,16-,19+,20-/m0/s1. The Labute approximate surface area is 148 Å². The third-order valence-corrected chi connectivity index (χ3v) is 6.29. The fourth-order valence-electron chi connectivity index (χ4n) is 4.15. The van der Waals surface area contributed by atoms with Gasteiger partial charge in [-0.3, -0.25) is 0 Å². The number of allylic oxidation sites excluding steroid dienone is 1. The molecule has 1 saturated carbocycles. The topological polar surface area (TPSA) is 72.8 Å². The SMILES string of the molecule is C/C=C(/C)C(=O)O[C@H]1CC[C@H](C)[C@@]2(C)CC3=C(C)C(=O)O[C@@]3(O)C=C12. The van der Waals surface area contributed by atoms with Crippen LogP contribution in [0.2, 0.25) is 0 Å². The van der Waals surface area contributed by atoms with Crippen molar-refractivity contribution in [1.29, 1.82) is 0 Å². The fraction of sp³-hybridized carbons (Fsp3) is 0.600. The van der Waals surface area contributed by atoms with Gasteiger partial charge >= 0.3 is 11.9 Å². The molecule has 0 unspecified atom stereocenters. The van der Waals surface area contributed by atoms with Crippen molar-refractivity contribution in [1.82, 2.24) is 0 Å². The number of ether oxygens (including phenoxy) is 2. The lowest BCUT2D eigenvalue weighted by molar-refractivity contribution is -0.171. The second-order valence-corrected chi connectivity index (χ2v) is 7.73. The van der Waals surface area contributed by atoms with Crippen LogP contribution in [-0.2, 0) is 19.1 Å². The molecule has 0 aromatic heterocycles. The quantitative estimate of drug-likeness (QED) is 0.472.